The Bertz CT molecular complexity index is 453. The van der Waals surface area contributed by atoms with Crippen molar-refractivity contribution >= 4 is 17.3 Å². The van der Waals surface area contributed by atoms with Crippen molar-refractivity contribution in [2.45, 2.75) is 18.6 Å². The van der Waals surface area contributed by atoms with Gasteiger partial charge in [-0.3, -0.25) is 0 Å². The highest BCUT2D eigenvalue weighted by atomic mass is 35.5. The van der Waals surface area contributed by atoms with E-state index in [1.807, 2.05) is 0 Å². The third-order valence-corrected chi connectivity index (χ3v) is 3.12. The number of methoxy groups -OCH3 is 2. The van der Waals surface area contributed by atoms with Crippen LogP contribution in [0.2, 0.25) is 0 Å². The average Bonchev–Trinajstić information content (AvgIpc) is 2.45. The number of aliphatic hydroxyl groups excluding tert-OH is 1. The van der Waals surface area contributed by atoms with Crippen molar-refractivity contribution in [2.75, 3.05) is 32.0 Å². The highest BCUT2D eigenvalue weighted by Crippen LogP contribution is 2.37. The summed E-state index contributed by atoms with van der Waals surface area (Å²) >= 11 is 5.42. The molecule has 0 aliphatic carbocycles. The summed E-state index contributed by atoms with van der Waals surface area (Å²) in [5, 5.41) is 12.0. The first-order chi connectivity index (χ1) is 9.83. The van der Waals surface area contributed by atoms with E-state index >= 15 is 0 Å². The maximum absolute atomic E-state index is 13.1. The number of hydrogen-bond acceptors (Lipinski definition) is 4. The molecule has 21 heavy (non-hydrogen) atoms. The zero-order valence-corrected chi connectivity index (χ0v) is 12.3. The van der Waals surface area contributed by atoms with E-state index in [2.05, 4.69) is 5.32 Å². The van der Waals surface area contributed by atoms with Gasteiger partial charge in [0.2, 0.25) is 0 Å². The zero-order chi connectivity index (χ0) is 16.0. The number of ether oxygens (including phenoxy) is 2. The Morgan fingerprint density at radius 3 is 2.38 bits per heavy atom. The second-order valence-corrected chi connectivity index (χ2v) is 4.60. The van der Waals surface area contributed by atoms with Gasteiger partial charge in [-0.1, -0.05) is 6.07 Å². The molecule has 0 saturated carbocycles. The van der Waals surface area contributed by atoms with Crippen molar-refractivity contribution in [3.05, 3.63) is 29.3 Å². The molecule has 8 heteroatoms. The van der Waals surface area contributed by atoms with Gasteiger partial charge in [-0.25, -0.2) is 0 Å². The van der Waals surface area contributed by atoms with Gasteiger partial charge in [0.25, 0.3) is 0 Å². The molecule has 4 nitrogen and oxygen atoms in total. The molecule has 0 saturated heterocycles. The van der Waals surface area contributed by atoms with Gasteiger partial charge >= 0.3 is 6.18 Å². The topological polar surface area (TPSA) is 50.7 Å². The van der Waals surface area contributed by atoms with E-state index in [-0.39, 0.29) is 23.7 Å². The van der Waals surface area contributed by atoms with Crippen molar-refractivity contribution in [1.82, 2.24) is 0 Å². The molecule has 0 aromatic heterocycles. The van der Waals surface area contributed by atoms with E-state index in [4.69, 9.17) is 21.1 Å². The molecule has 0 spiro atoms. The van der Waals surface area contributed by atoms with Crippen LogP contribution in [0, 0.1) is 0 Å². The molecule has 0 fully saturated rings. The first kappa shape index (κ1) is 18.0. The lowest BCUT2D eigenvalue weighted by Crippen LogP contribution is -2.21. The molecule has 0 amide bonds. The van der Waals surface area contributed by atoms with Crippen LogP contribution in [0.1, 0.15) is 17.4 Å². The Morgan fingerprint density at radius 1 is 1.29 bits per heavy atom. The molecule has 1 aromatic carbocycles. The SMILES string of the molecule is COC(OC)c1ccc(NCC(O)CCl)cc1C(F)(F)F. The summed E-state index contributed by atoms with van der Waals surface area (Å²) in [6.07, 6.45) is -6.50. The van der Waals surface area contributed by atoms with Crippen molar-refractivity contribution < 1.29 is 27.8 Å². The van der Waals surface area contributed by atoms with Crippen molar-refractivity contribution in [3.63, 3.8) is 0 Å². The fourth-order valence-corrected chi connectivity index (χ4v) is 1.87. The quantitative estimate of drug-likeness (QED) is 0.597. The van der Waals surface area contributed by atoms with Crippen LogP contribution in [0.15, 0.2) is 18.2 Å². The van der Waals surface area contributed by atoms with E-state index in [1.165, 1.54) is 26.4 Å². The number of anilines is 1. The van der Waals surface area contributed by atoms with Gasteiger partial charge < -0.3 is 19.9 Å². The molecule has 1 unspecified atom stereocenters. The third kappa shape index (κ3) is 5.03. The molecule has 0 aliphatic heterocycles. The third-order valence-electron chi connectivity index (χ3n) is 2.76. The molecule has 1 rings (SSSR count). The summed E-state index contributed by atoms with van der Waals surface area (Å²) in [6, 6.07) is 3.67. The van der Waals surface area contributed by atoms with Crippen molar-refractivity contribution in [3.8, 4) is 0 Å². The van der Waals surface area contributed by atoms with Crippen LogP contribution in [0.25, 0.3) is 0 Å². The van der Waals surface area contributed by atoms with Gasteiger partial charge in [0.05, 0.1) is 17.5 Å². The summed E-state index contributed by atoms with van der Waals surface area (Å²) in [5.41, 5.74) is -0.751. The van der Waals surface area contributed by atoms with E-state index in [0.717, 1.165) is 6.07 Å². The predicted molar refractivity (Wildman–Crippen MR) is 73.4 cm³/mol. The number of aliphatic hydroxyl groups is 1. The van der Waals surface area contributed by atoms with Crippen LogP contribution in [0.3, 0.4) is 0 Å². The Balaban J connectivity index is 3.07. The van der Waals surface area contributed by atoms with Crippen LogP contribution in [0.4, 0.5) is 18.9 Å². The first-order valence-electron chi connectivity index (χ1n) is 6.08. The van der Waals surface area contributed by atoms with Gasteiger partial charge in [-0.15, -0.1) is 11.6 Å². The second kappa shape index (κ2) is 7.84. The highest BCUT2D eigenvalue weighted by Gasteiger charge is 2.35. The molecule has 1 atom stereocenters. The molecule has 2 N–H and O–H groups in total. The highest BCUT2D eigenvalue weighted by molar-refractivity contribution is 6.18. The second-order valence-electron chi connectivity index (χ2n) is 4.29. The number of hydrogen-bond donors (Lipinski definition) is 2. The van der Waals surface area contributed by atoms with E-state index in [1.54, 1.807) is 0 Å². The smallest absolute Gasteiger partial charge is 0.390 e. The normalized spacial score (nSPS) is 13.5. The molecule has 0 radical (unpaired) electrons. The average molecular weight is 328 g/mol. The summed E-state index contributed by atoms with van der Waals surface area (Å²) in [6.45, 7) is 0.0537. The predicted octanol–water partition coefficient (Wildman–Crippen LogP) is 3.01. The Kier molecular flexibility index (Phi) is 6.73. The largest absolute Gasteiger partial charge is 0.416 e. The molecular formula is C13H17ClF3NO3. The Labute approximate surface area is 125 Å². The van der Waals surface area contributed by atoms with Crippen molar-refractivity contribution in [1.29, 1.82) is 0 Å². The number of rotatable bonds is 7. The van der Waals surface area contributed by atoms with Crippen molar-refractivity contribution in [2.24, 2.45) is 0 Å². The molecule has 0 aliphatic rings. The number of nitrogens with one attached hydrogen (secondary N) is 1. The fraction of sp³-hybridized carbons (Fsp3) is 0.538. The lowest BCUT2D eigenvalue weighted by molar-refractivity contribution is -0.147. The monoisotopic (exact) mass is 327 g/mol. The minimum absolute atomic E-state index is 0.00731. The van der Waals surface area contributed by atoms with Crippen LogP contribution in [-0.4, -0.2) is 37.9 Å². The van der Waals surface area contributed by atoms with Gasteiger partial charge in [0, 0.05) is 32.0 Å². The zero-order valence-electron chi connectivity index (χ0n) is 11.6. The maximum Gasteiger partial charge on any atom is 0.416 e. The molecule has 1 aromatic rings. The minimum Gasteiger partial charge on any atom is -0.390 e. The number of halogens is 4. The van der Waals surface area contributed by atoms with Crippen LogP contribution in [0.5, 0.6) is 0 Å². The summed E-state index contributed by atoms with van der Waals surface area (Å²) in [4.78, 5) is 0. The summed E-state index contributed by atoms with van der Waals surface area (Å²) < 4.78 is 49.1. The van der Waals surface area contributed by atoms with Gasteiger partial charge in [-0.2, -0.15) is 13.2 Å². The van der Waals surface area contributed by atoms with E-state index in [9.17, 15) is 18.3 Å². The van der Waals surface area contributed by atoms with Gasteiger partial charge in [0.15, 0.2) is 6.29 Å². The number of alkyl halides is 4. The molecule has 0 heterocycles. The summed E-state index contributed by atoms with van der Waals surface area (Å²) in [5.74, 6) is -0.00731. The fourth-order valence-electron chi connectivity index (χ4n) is 1.76. The van der Waals surface area contributed by atoms with E-state index < -0.39 is 24.1 Å². The lowest BCUT2D eigenvalue weighted by atomic mass is 10.1. The summed E-state index contributed by atoms with van der Waals surface area (Å²) in [7, 11) is 2.52. The van der Waals surface area contributed by atoms with E-state index in [0.29, 0.717) is 0 Å². The minimum atomic E-state index is -4.55. The van der Waals surface area contributed by atoms with Crippen LogP contribution in [-0.2, 0) is 15.7 Å². The molecule has 120 valence electrons. The molecule has 0 bridgehead atoms. The maximum atomic E-state index is 13.1. The lowest BCUT2D eigenvalue weighted by Gasteiger charge is -2.20. The van der Waals surface area contributed by atoms with Crippen LogP contribution < -0.4 is 5.32 Å². The Morgan fingerprint density at radius 2 is 1.90 bits per heavy atom. The van der Waals surface area contributed by atoms with Crippen LogP contribution >= 0.6 is 11.6 Å². The molecular weight excluding hydrogens is 311 g/mol. The van der Waals surface area contributed by atoms with Gasteiger partial charge in [-0.05, 0) is 12.1 Å². The number of benzene rings is 1. The standard InChI is InChI=1S/C13H17ClF3NO3/c1-20-12(21-2)10-4-3-8(18-7-9(19)6-14)5-11(10)13(15,16)17/h3-5,9,12,18-19H,6-7H2,1-2H3. The first-order valence-corrected chi connectivity index (χ1v) is 6.61. The van der Waals surface area contributed by atoms with Gasteiger partial charge in [0.1, 0.15) is 0 Å². The Hall–Kier alpha value is -1.02.